The van der Waals surface area contributed by atoms with Crippen LogP contribution in [0.1, 0.15) is 27.7 Å². The third-order valence-electron chi connectivity index (χ3n) is 2.06. The van der Waals surface area contributed by atoms with E-state index in [0.29, 0.717) is 6.61 Å². The van der Waals surface area contributed by atoms with Crippen LogP contribution in [0.2, 0.25) is 0 Å². The standard InChI is InChI=1S/C10H21O6P/c1-5-13-17(11,14-6-2)15-8-9-7-12-10(3,4)16-9/h9H,5-8H2,1-4H3/t9-/m0/s1. The number of rotatable bonds is 7. The highest BCUT2D eigenvalue weighted by molar-refractivity contribution is 7.48. The lowest BCUT2D eigenvalue weighted by Gasteiger charge is -2.19. The first kappa shape index (κ1) is 15.1. The van der Waals surface area contributed by atoms with Gasteiger partial charge in [-0.15, -0.1) is 0 Å². The molecule has 1 saturated heterocycles. The molecule has 0 N–H and O–H groups in total. The zero-order chi connectivity index (χ0) is 12.9. The van der Waals surface area contributed by atoms with Gasteiger partial charge in [-0.1, -0.05) is 0 Å². The summed E-state index contributed by atoms with van der Waals surface area (Å²) in [4.78, 5) is 0. The third-order valence-corrected chi connectivity index (χ3v) is 3.67. The Bertz CT molecular complexity index is 270. The van der Waals surface area contributed by atoms with Gasteiger partial charge < -0.3 is 9.47 Å². The van der Waals surface area contributed by atoms with E-state index in [1.54, 1.807) is 13.8 Å². The summed E-state index contributed by atoms with van der Waals surface area (Å²) in [7, 11) is -3.45. The fourth-order valence-electron chi connectivity index (χ4n) is 1.45. The van der Waals surface area contributed by atoms with Crippen LogP contribution in [0.5, 0.6) is 0 Å². The highest BCUT2D eigenvalue weighted by atomic mass is 31.2. The van der Waals surface area contributed by atoms with Gasteiger partial charge in [0.05, 0.1) is 26.4 Å². The van der Waals surface area contributed by atoms with Gasteiger partial charge in [-0.25, -0.2) is 4.57 Å². The molecule has 102 valence electrons. The number of ether oxygens (including phenoxy) is 2. The molecule has 1 heterocycles. The second kappa shape index (κ2) is 6.27. The Kier molecular flexibility index (Phi) is 5.57. The summed E-state index contributed by atoms with van der Waals surface area (Å²) in [6.07, 6.45) is -0.251. The molecule has 0 spiro atoms. The third kappa shape index (κ3) is 5.04. The fourth-order valence-corrected chi connectivity index (χ4v) is 2.65. The minimum Gasteiger partial charge on any atom is -0.348 e. The molecule has 1 aliphatic heterocycles. The van der Waals surface area contributed by atoms with Crippen molar-refractivity contribution in [2.24, 2.45) is 0 Å². The van der Waals surface area contributed by atoms with Gasteiger partial charge in [-0.3, -0.25) is 13.6 Å². The summed E-state index contributed by atoms with van der Waals surface area (Å²) < 4.78 is 38.0. The first-order valence-electron chi connectivity index (χ1n) is 5.76. The molecule has 1 fully saturated rings. The van der Waals surface area contributed by atoms with E-state index in [-0.39, 0.29) is 25.9 Å². The number of hydrogen-bond donors (Lipinski definition) is 0. The van der Waals surface area contributed by atoms with Crippen molar-refractivity contribution in [1.82, 2.24) is 0 Å². The quantitative estimate of drug-likeness (QED) is 0.660. The summed E-state index contributed by atoms with van der Waals surface area (Å²) in [5, 5.41) is 0. The van der Waals surface area contributed by atoms with Gasteiger partial charge >= 0.3 is 7.82 Å². The van der Waals surface area contributed by atoms with E-state index in [2.05, 4.69) is 0 Å². The van der Waals surface area contributed by atoms with E-state index in [1.807, 2.05) is 13.8 Å². The largest absolute Gasteiger partial charge is 0.474 e. The second-order valence-electron chi connectivity index (χ2n) is 4.03. The molecule has 0 aromatic rings. The monoisotopic (exact) mass is 268 g/mol. The molecule has 0 aromatic carbocycles. The Balaban J connectivity index is 2.40. The average molecular weight is 268 g/mol. The maximum atomic E-state index is 12.0. The van der Waals surface area contributed by atoms with E-state index in [0.717, 1.165) is 0 Å². The lowest BCUT2D eigenvalue weighted by molar-refractivity contribution is -0.142. The van der Waals surface area contributed by atoms with Gasteiger partial charge in [-0.2, -0.15) is 0 Å². The van der Waals surface area contributed by atoms with Crippen LogP contribution in [0.3, 0.4) is 0 Å². The number of phosphoric acid groups is 1. The summed E-state index contributed by atoms with van der Waals surface area (Å²) in [5.41, 5.74) is 0. The lowest BCUT2D eigenvalue weighted by Crippen LogP contribution is -2.24. The Hall–Kier alpha value is 0.0300. The molecule has 17 heavy (non-hydrogen) atoms. The molecule has 0 aliphatic carbocycles. The van der Waals surface area contributed by atoms with Crippen molar-refractivity contribution in [3.8, 4) is 0 Å². The minimum absolute atomic E-state index is 0.126. The van der Waals surface area contributed by atoms with E-state index < -0.39 is 13.6 Å². The van der Waals surface area contributed by atoms with Crippen LogP contribution >= 0.6 is 7.82 Å². The van der Waals surface area contributed by atoms with E-state index in [9.17, 15) is 4.57 Å². The first-order chi connectivity index (χ1) is 7.91. The van der Waals surface area contributed by atoms with Crippen molar-refractivity contribution in [2.45, 2.75) is 39.6 Å². The molecule has 7 heteroatoms. The maximum absolute atomic E-state index is 12.0. The highest BCUT2D eigenvalue weighted by Gasteiger charge is 2.35. The molecule has 0 saturated carbocycles. The SMILES string of the molecule is CCOP(=O)(OCC)OC[C@@H]1COC(C)(C)O1. The summed E-state index contributed by atoms with van der Waals surface area (Å²) >= 11 is 0. The van der Waals surface area contributed by atoms with Gasteiger partial charge in [0.25, 0.3) is 0 Å². The summed E-state index contributed by atoms with van der Waals surface area (Å²) in [6, 6.07) is 0. The Morgan fingerprint density at radius 3 is 2.24 bits per heavy atom. The summed E-state index contributed by atoms with van der Waals surface area (Å²) in [6.45, 7) is 8.16. The Morgan fingerprint density at radius 2 is 1.82 bits per heavy atom. The normalized spacial score (nSPS) is 24.1. The predicted octanol–water partition coefficient (Wildman–Crippen LogP) is 2.34. The molecule has 0 aromatic heterocycles. The van der Waals surface area contributed by atoms with Crippen molar-refractivity contribution in [3.05, 3.63) is 0 Å². The number of phosphoric ester groups is 1. The van der Waals surface area contributed by atoms with Crippen molar-refractivity contribution in [3.63, 3.8) is 0 Å². The molecule has 0 amide bonds. The van der Waals surface area contributed by atoms with Gasteiger partial charge in [0.15, 0.2) is 5.79 Å². The second-order valence-corrected chi connectivity index (χ2v) is 5.70. The molecule has 0 bridgehead atoms. The van der Waals surface area contributed by atoms with Gasteiger partial charge in [0.1, 0.15) is 6.10 Å². The average Bonchev–Trinajstić information content (AvgIpc) is 2.56. The lowest BCUT2D eigenvalue weighted by atomic mass is 10.4. The van der Waals surface area contributed by atoms with Gasteiger partial charge in [-0.05, 0) is 27.7 Å². The van der Waals surface area contributed by atoms with Crippen LogP contribution in [-0.4, -0.2) is 38.3 Å². The maximum Gasteiger partial charge on any atom is 0.474 e. The summed E-state index contributed by atoms with van der Waals surface area (Å²) in [5.74, 6) is -0.616. The zero-order valence-electron chi connectivity index (χ0n) is 10.8. The van der Waals surface area contributed by atoms with Crippen molar-refractivity contribution in [1.29, 1.82) is 0 Å². The molecule has 0 radical (unpaired) electrons. The van der Waals surface area contributed by atoms with Crippen LogP contribution in [-0.2, 0) is 27.6 Å². The molecule has 1 rings (SSSR count). The van der Waals surface area contributed by atoms with Crippen LogP contribution in [0, 0.1) is 0 Å². The van der Waals surface area contributed by atoms with E-state index >= 15 is 0 Å². The van der Waals surface area contributed by atoms with Crippen LogP contribution < -0.4 is 0 Å². The first-order valence-corrected chi connectivity index (χ1v) is 7.22. The minimum atomic E-state index is -3.45. The zero-order valence-corrected chi connectivity index (χ0v) is 11.7. The van der Waals surface area contributed by atoms with Crippen molar-refractivity contribution < 1.29 is 27.6 Å². The van der Waals surface area contributed by atoms with Crippen LogP contribution in [0.4, 0.5) is 0 Å². The van der Waals surface area contributed by atoms with E-state index in [1.165, 1.54) is 0 Å². The molecule has 1 aliphatic rings. The fraction of sp³-hybridized carbons (Fsp3) is 1.00. The van der Waals surface area contributed by atoms with Gasteiger partial charge in [0.2, 0.25) is 0 Å². The van der Waals surface area contributed by atoms with Crippen molar-refractivity contribution in [2.75, 3.05) is 26.4 Å². The Labute approximate surface area is 102 Å². The topological polar surface area (TPSA) is 63.2 Å². The molecular formula is C10H21O6P. The molecule has 6 nitrogen and oxygen atoms in total. The van der Waals surface area contributed by atoms with Crippen molar-refractivity contribution >= 4 is 7.82 Å². The Morgan fingerprint density at radius 1 is 1.24 bits per heavy atom. The molecular weight excluding hydrogens is 247 g/mol. The predicted molar refractivity (Wildman–Crippen MR) is 61.7 cm³/mol. The number of hydrogen-bond acceptors (Lipinski definition) is 6. The van der Waals surface area contributed by atoms with Gasteiger partial charge in [0, 0.05) is 0 Å². The van der Waals surface area contributed by atoms with Crippen LogP contribution in [0.25, 0.3) is 0 Å². The van der Waals surface area contributed by atoms with Crippen LogP contribution in [0.15, 0.2) is 0 Å². The molecule has 1 atom stereocenters. The smallest absolute Gasteiger partial charge is 0.348 e. The molecule has 0 unspecified atom stereocenters. The van der Waals surface area contributed by atoms with E-state index in [4.69, 9.17) is 23.0 Å². The highest BCUT2D eigenvalue weighted by Crippen LogP contribution is 2.49.